The maximum absolute atomic E-state index is 12.8. The molecule has 0 unspecified atom stereocenters. The minimum absolute atomic E-state index is 0.0553. The van der Waals surface area contributed by atoms with Gasteiger partial charge in [0.1, 0.15) is 5.75 Å². The molecule has 0 saturated heterocycles. The predicted octanol–water partition coefficient (Wildman–Crippen LogP) is 4.02. The second kappa shape index (κ2) is 8.05. The fourth-order valence-corrected chi connectivity index (χ4v) is 4.10. The van der Waals surface area contributed by atoms with Gasteiger partial charge in [0.05, 0.1) is 12.2 Å². The molecule has 1 saturated carbocycles. The molecule has 5 nitrogen and oxygen atoms in total. The van der Waals surface area contributed by atoms with Crippen molar-refractivity contribution in [3.63, 3.8) is 0 Å². The lowest BCUT2D eigenvalue weighted by molar-refractivity contribution is -0.121. The number of amides is 2. The molecule has 0 spiro atoms. The Bertz CT molecular complexity index is 856. The molecule has 5 heteroatoms. The number of nitrogens with zero attached hydrogens (tertiary/aromatic N) is 2. The highest BCUT2D eigenvalue weighted by Crippen LogP contribution is 2.32. The molecule has 1 fully saturated rings. The van der Waals surface area contributed by atoms with Gasteiger partial charge in [-0.15, -0.1) is 0 Å². The Labute approximate surface area is 165 Å². The first-order valence-electron chi connectivity index (χ1n) is 10.0. The monoisotopic (exact) mass is 378 g/mol. The molecular weight excluding hydrogens is 352 g/mol. The van der Waals surface area contributed by atoms with E-state index in [-0.39, 0.29) is 18.4 Å². The van der Waals surface area contributed by atoms with Crippen LogP contribution < -0.4 is 9.64 Å². The third-order valence-electron chi connectivity index (χ3n) is 5.79. The SMILES string of the molecule is CN(C(=O)c1ccc(CN2C(=O)COc3ccccc32)cc1)C1CCCCC1. The Kier molecular flexibility index (Phi) is 5.33. The van der Waals surface area contributed by atoms with E-state index in [1.807, 2.05) is 60.5 Å². The van der Waals surface area contributed by atoms with Crippen LogP contribution in [0.1, 0.15) is 48.0 Å². The normalized spacial score (nSPS) is 17.0. The number of hydrogen-bond acceptors (Lipinski definition) is 3. The van der Waals surface area contributed by atoms with Crippen LogP contribution in [-0.4, -0.2) is 36.4 Å². The van der Waals surface area contributed by atoms with E-state index in [4.69, 9.17) is 4.74 Å². The molecule has 0 bridgehead atoms. The lowest BCUT2D eigenvalue weighted by atomic mass is 9.94. The molecule has 0 N–H and O–H groups in total. The first kappa shape index (κ1) is 18.5. The van der Waals surface area contributed by atoms with Crippen LogP contribution in [0.4, 0.5) is 5.69 Å². The van der Waals surface area contributed by atoms with E-state index in [0.29, 0.717) is 18.2 Å². The number of anilines is 1. The Morgan fingerprint density at radius 1 is 1.07 bits per heavy atom. The van der Waals surface area contributed by atoms with Gasteiger partial charge >= 0.3 is 0 Å². The van der Waals surface area contributed by atoms with Crippen molar-refractivity contribution in [1.29, 1.82) is 0 Å². The van der Waals surface area contributed by atoms with Crippen LogP contribution in [0.2, 0.25) is 0 Å². The van der Waals surface area contributed by atoms with Crippen LogP contribution in [0, 0.1) is 0 Å². The molecular formula is C23H26N2O3. The van der Waals surface area contributed by atoms with Crippen LogP contribution in [0.3, 0.4) is 0 Å². The Morgan fingerprint density at radius 3 is 2.54 bits per heavy atom. The fraction of sp³-hybridized carbons (Fsp3) is 0.391. The molecule has 2 aromatic rings. The summed E-state index contributed by atoms with van der Waals surface area (Å²) in [6.07, 6.45) is 5.88. The number of para-hydroxylation sites is 2. The first-order chi connectivity index (χ1) is 13.6. The summed E-state index contributed by atoms with van der Waals surface area (Å²) in [6.45, 7) is 0.520. The molecule has 1 heterocycles. The molecule has 4 rings (SSSR count). The summed E-state index contributed by atoms with van der Waals surface area (Å²) in [7, 11) is 1.91. The third-order valence-corrected chi connectivity index (χ3v) is 5.79. The zero-order valence-electron chi connectivity index (χ0n) is 16.3. The number of carbonyl (C=O) groups excluding carboxylic acids is 2. The van der Waals surface area contributed by atoms with Gasteiger partial charge in [-0.1, -0.05) is 43.5 Å². The highest BCUT2D eigenvalue weighted by Gasteiger charge is 2.26. The highest BCUT2D eigenvalue weighted by atomic mass is 16.5. The molecule has 2 aliphatic rings. The van der Waals surface area contributed by atoms with Gasteiger partial charge in [0.25, 0.3) is 11.8 Å². The van der Waals surface area contributed by atoms with Gasteiger partial charge in [-0.3, -0.25) is 9.59 Å². The largest absolute Gasteiger partial charge is 0.482 e. The number of carbonyl (C=O) groups is 2. The summed E-state index contributed by atoms with van der Waals surface area (Å²) < 4.78 is 5.50. The molecule has 28 heavy (non-hydrogen) atoms. The van der Waals surface area contributed by atoms with Crippen molar-refractivity contribution in [2.45, 2.75) is 44.7 Å². The Hall–Kier alpha value is -2.82. The Morgan fingerprint density at radius 2 is 1.79 bits per heavy atom. The van der Waals surface area contributed by atoms with Crippen molar-refractivity contribution in [2.24, 2.45) is 0 Å². The molecule has 2 aromatic carbocycles. The van der Waals surface area contributed by atoms with Crippen molar-refractivity contribution in [3.8, 4) is 5.75 Å². The van der Waals surface area contributed by atoms with E-state index >= 15 is 0 Å². The van der Waals surface area contributed by atoms with Gasteiger partial charge in [0, 0.05) is 18.7 Å². The summed E-state index contributed by atoms with van der Waals surface area (Å²) in [4.78, 5) is 28.8. The predicted molar refractivity (Wildman–Crippen MR) is 109 cm³/mol. The third kappa shape index (κ3) is 3.75. The summed E-state index contributed by atoms with van der Waals surface area (Å²) in [6, 6.07) is 15.5. The lowest BCUT2D eigenvalue weighted by Crippen LogP contribution is -2.38. The van der Waals surface area contributed by atoms with Crippen LogP contribution in [0.25, 0.3) is 0 Å². The van der Waals surface area contributed by atoms with E-state index < -0.39 is 0 Å². The maximum atomic E-state index is 12.8. The minimum atomic E-state index is -0.0594. The number of rotatable bonds is 4. The molecule has 1 aliphatic carbocycles. The van der Waals surface area contributed by atoms with Crippen molar-refractivity contribution >= 4 is 17.5 Å². The zero-order chi connectivity index (χ0) is 19.5. The van der Waals surface area contributed by atoms with E-state index in [1.54, 1.807) is 4.90 Å². The average molecular weight is 378 g/mol. The van der Waals surface area contributed by atoms with E-state index in [2.05, 4.69) is 0 Å². The van der Waals surface area contributed by atoms with E-state index in [1.165, 1.54) is 19.3 Å². The van der Waals surface area contributed by atoms with Crippen molar-refractivity contribution < 1.29 is 14.3 Å². The number of fused-ring (bicyclic) bond motifs is 1. The van der Waals surface area contributed by atoms with Gasteiger partial charge in [0.15, 0.2) is 6.61 Å². The molecule has 0 aromatic heterocycles. The van der Waals surface area contributed by atoms with Crippen molar-refractivity contribution in [1.82, 2.24) is 4.90 Å². The van der Waals surface area contributed by atoms with Gasteiger partial charge in [0.2, 0.25) is 0 Å². The second-order valence-electron chi connectivity index (χ2n) is 7.64. The van der Waals surface area contributed by atoms with Gasteiger partial charge in [-0.25, -0.2) is 0 Å². The van der Waals surface area contributed by atoms with Crippen LogP contribution in [-0.2, 0) is 11.3 Å². The molecule has 0 atom stereocenters. The summed E-state index contributed by atoms with van der Waals surface area (Å²) in [5.74, 6) is 0.741. The molecule has 0 radical (unpaired) electrons. The summed E-state index contributed by atoms with van der Waals surface area (Å²) >= 11 is 0. The smallest absolute Gasteiger partial charge is 0.265 e. The lowest BCUT2D eigenvalue weighted by Gasteiger charge is -2.31. The summed E-state index contributed by atoms with van der Waals surface area (Å²) in [5, 5.41) is 0. The van der Waals surface area contributed by atoms with Crippen LogP contribution >= 0.6 is 0 Å². The zero-order valence-corrected chi connectivity index (χ0v) is 16.3. The minimum Gasteiger partial charge on any atom is -0.482 e. The van der Waals surface area contributed by atoms with Crippen molar-refractivity contribution in [2.75, 3.05) is 18.6 Å². The van der Waals surface area contributed by atoms with Crippen LogP contribution in [0.15, 0.2) is 48.5 Å². The number of benzene rings is 2. The Balaban J connectivity index is 1.46. The van der Waals surface area contributed by atoms with Gasteiger partial charge < -0.3 is 14.5 Å². The van der Waals surface area contributed by atoms with E-state index in [0.717, 1.165) is 29.8 Å². The fourth-order valence-electron chi connectivity index (χ4n) is 4.10. The van der Waals surface area contributed by atoms with E-state index in [9.17, 15) is 9.59 Å². The molecule has 1 aliphatic heterocycles. The maximum Gasteiger partial charge on any atom is 0.265 e. The second-order valence-corrected chi connectivity index (χ2v) is 7.64. The first-order valence-corrected chi connectivity index (χ1v) is 10.0. The average Bonchev–Trinajstić information content (AvgIpc) is 2.76. The highest BCUT2D eigenvalue weighted by molar-refractivity contribution is 5.98. The quantitative estimate of drug-likeness (QED) is 0.807. The van der Waals surface area contributed by atoms with Gasteiger partial charge in [-0.05, 0) is 42.7 Å². The van der Waals surface area contributed by atoms with Crippen molar-refractivity contribution in [3.05, 3.63) is 59.7 Å². The standard InChI is InChI=1S/C23H26N2O3/c1-24(19-7-3-2-4-8-19)23(27)18-13-11-17(12-14-18)15-25-20-9-5-6-10-21(20)28-16-22(25)26/h5-6,9-14,19H,2-4,7-8,15-16H2,1H3. The molecule has 146 valence electrons. The van der Waals surface area contributed by atoms with Crippen LogP contribution in [0.5, 0.6) is 5.75 Å². The number of hydrogen-bond donors (Lipinski definition) is 0. The number of ether oxygens (including phenoxy) is 1. The summed E-state index contributed by atoms with van der Waals surface area (Å²) in [5.41, 5.74) is 2.48. The molecule has 2 amide bonds. The topological polar surface area (TPSA) is 49.9 Å². The van der Waals surface area contributed by atoms with Gasteiger partial charge in [-0.2, -0.15) is 0 Å².